The van der Waals surface area contributed by atoms with Crippen LogP contribution in [0.25, 0.3) is 0 Å². The summed E-state index contributed by atoms with van der Waals surface area (Å²) in [5.41, 5.74) is -2.24. The Kier molecular flexibility index (Phi) is 7.71. The van der Waals surface area contributed by atoms with Gasteiger partial charge >= 0.3 is 18.2 Å². The van der Waals surface area contributed by atoms with E-state index in [1.165, 1.54) is 0 Å². The van der Waals surface area contributed by atoms with Gasteiger partial charge in [0, 0.05) is 6.42 Å². The highest BCUT2D eigenvalue weighted by molar-refractivity contribution is 5.95. The van der Waals surface area contributed by atoms with Gasteiger partial charge in [-0.2, -0.15) is 10.0 Å². The van der Waals surface area contributed by atoms with E-state index in [9.17, 15) is 14.4 Å². The van der Waals surface area contributed by atoms with E-state index in [1.807, 2.05) is 36.4 Å². The Hall–Kier alpha value is -3.88. The van der Waals surface area contributed by atoms with Gasteiger partial charge in [0.2, 0.25) is 0 Å². The summed E-state index contributed by atoms with van der Waals surface area (Å²) in [6.45, 7) is 10.1. The average Bonchev–Trinajstić information content (AvgIpc) is 3.17. The van der Waals surface area contributed by atoms with E-state index in [-0.39, 0.29) is 13.0 Å². The van der Waals surface area contributed by atoms with Gasteiger partial charge in [-0.15, -0.1) is 0 Å². The van der Waals surface area contributed by atoms with Crippen LogP contribution in [0.5, 0.6) is 0 Å². The van der Waals surface area contributed by atoms with Gasteiger partial charge in [-0.05, 0) is 52.7 Å². The van der Waals surface area contributed by atoms with Crippen molar-refractivity contribution in [3.8, 4) is 0 Å². The van der Waals surface area contributed by atoms with Crippen molar-refractivity contribution in [2.75, 3.05) is 0 Å². The maximum Gasteiger partial charge on any atom is 0.435 e. The van der Waals surface area contributed by atoms with Crippen LogP contribution in [-0.2, 0) is 32.0 Å². The highest BCUT2D eigenvalue weighted by Crippen LogP contribution is 2.33. The molecule has 9 nitrogen and oxygen atoms in total. The van der Waals surface area contributed by atoms with Crippen molar-refractivity contribution in [3.05, 3.63) is 71.8 Å². The first-order chi connectivity index (χ1) is 16.8. The van der Waals surface area contributed by atoms with Gasteiger partial charge in [0.05, 0.1) is 0 Å². The summed E-state index contributed by atoms with van der Waals surface area (Å²) >= 11 is 0. The number of hydrogen-bond acceptors (Lipinski definition) is 7. The Morgan fingerprint density at radius 2 is 1.28 bits per heavy atom. The number of rotatable bonds is 5. The van der Waals surface area contributed by atoms with E-state index in [0.717, 1.165) is 21.9 Å². The van der Waals surface area contributed by atoms with Crippen LogP contribution in [0.15, 0.2) is 65.7 Å². The summed E-state index contributed by atoms with van der Waals surface area (Å²) in [7, 11) is 0. The van der Waals surface area contributed by atoms with Crippen molar-refractivity contribution in [1.82, 2.24) is 10.0 Å². The van der Waals surface area contributed by atoms with Gasteiger partial charge in [0.25, 0.3) is 5.66 Å². The molecule has 0 spiro atoms. The largest absolute Gasteiger partial charge is 0.458 e. The SMILES string of the molecule is CC(C)(C)OC(=O)N1C=NC(Cc2ccccc2)(C(=O)OCc2ccccc2)N1C(=O)OC(C)(C)C. The predicted molar refractivity (Wildman–Crippen MR) is 134 cm³/mol. The fourth-order valence-corrected chi connectivity index (χ4v) is 3.47. The third-order valence-corrected chi connectivity index (χ3v) is 4.93. The zero-order valence-corrected chi connectivity index (χ0v) is 21.6. The Morgan fingerprint density at radius 1 is 0.778 bits per heavy atom. The van der Waals surface area contributed by atoms with Crippen molar-refractivity contribution >= 4 is 24.5 Å². The molecule has 0 N–H and O–H groups in total. The second-order valence-electron chi connectivity index (χ2n) is 10.4. The Bertz CT molecular complexity index is 1110. The lowest BCUT2D eigenvalue weighted by atomic mass is 9.99. The first kappa shape index (κ1) is 26.7. The molecular weight excluding hydrogens is 462 g/mol. The molecule has 9 heteroatoms. The highest BCUT2D eigenvalue weighted by atomic mass is 16.6. The summed E-state index contributed by atoms with van der Waals surface area (Å²) < 4.78 is 16.7. The van der Waals surface area contributed by atoms with E-state index in [4.69, 9.17) is 14.2 Å². The van der Waals surface area contributed by atoms with Gasteiger partial charge < -0.3 is 14.2 Å². The lowest BCUT2D eigenvalue weighted by Gasteiger charge is -2.38. The number of ether oxygens (including phenoxy) is 3. The molecule has 1 aliphatic rings. The summed E-state index contributed by atoms with van der Waals surface area (Å²) in [6, 6.07) is 18.2. The first-order valence-electron chi connectivity index (χ1n) is 11.7. The van der Waals surface area contributed by atoms with Crippen LogP contribution >= 0.6 is 0 Å². The molecule has 3 rings (SSSR count). The number of hydrazine groups is 1. The fourth-order valence-electron chi connectivity index (χ4n) is 3.47. The number of hydrogen-bond donors (Lipinski definition) is 0. The molecular formula is C27H33N3O6. The minimum Gasteiger partial charge on any atom is -0.458 e. The Balaban J connectivity index is 2.04. The molecule has 1 atom stereocenters. The monoisotopic (exact) mass is 495 g/mol. The van der Waals surface area contributed by atoms with Gasteiger partial charge in [0.15, 0.2) is 0 Å². The Labute approximate surface area is 211 Å². The van der Waals surface area contributed by atoms with Crippen LogP contribution in [-0.4, -0.2) is 51.4 Å². The normalized spacial score (nSPS) is 17.6. The van der Waals surface area contributed by atoms with Crippen molar-refractivity contribution in [1.29, 1.82) is 0 Å². The third-order valence-electron chi connectivity index (χ3n) is 4.93. The minimum absolute atomic E-state index is 0.0413. The number of esters is 1. The highest BCUT2D eigenvalue weighted by Gasteiger charge is 2.57. The van der Waals surface area contributed by atoms with Crippen molar-refractivity contribution < 1.29 is 28.6 Å². The molecule has 36 heavy (non-hydrogen) atoms. The molecule has 0 saturated carbocycles. The fraction of sp³-hybridized carbons (Fsp3) is 0.407. The van der Waals surface area contributed by atoms with Gasteiger partial charge in [-0.3, -0.25) is 0 Å². The minimum atomic E-state index is -1.94. The molecule has 2 aromatic rings. The zero-order valence-electron chi connectivity index (χ0n) is 21.6. The van der Waals surface area contributed by atoms with Crippen LogP contribution in [0.2, 0.25) is 0 Å². The van der Waals surface area contributed by atoms with Gasteiger partial charge in [-0.1, -0.05) is 60.7 Å². The van der Waals surface area contributed by atoms with Crippen LogP contribution in [0.1, 0.15) is 52.7 Å². The maximum atomic E-state index is 13.7. The number of carbonyl (C=O) groups is 3. The van der Waals surface area contributed by atoms with Crippen molar-refractivity contribution in [3.63, 3.8) is 0 Å². The van der Waals surface area contributed by atoms with E-state index in [2.05, 4.69) is 4.99 Å². The van der Waals surface area contributed by atoms with E-state index < -0.39 is 35.0 Å². The molecule has 1 heterocycles. The van der Waals surface area contributed by atoms with Gasteiger partial charge in [0.1, 0.15) is 24.1 Å². The molecule has 192 valence electrons. The quantitative estimate of drug-likeness (QED) is 0.423. The smallest absolute Gasteiger partial charge is 0.435 e. The summed E-state index contributed by atoms with van der Waals surface area (Å²) in [5.74, 6) is -0.816. The van der Waals surface area contributed by atoms with Gasteiger partial charge in [-0.25, -0.2) is 19.4 Å². The van der Waals surface area contributed by atoms with Crippen molar-refractivity contribution in [2.45, 2.75) is 71.4 Å². The second kappa shape index (κ2) is 10.4. The van der Waals surface area contributed by atoms with Crippen LogP contribution in [0.4, 0.5) is 9.59 Å². The molecule has 0 saturated heterocycles. The number of benzene rings is 2. The Morgan fingerprint density at radius 3 is 1.81 bits per heavy atom. The number of amides is 2. The van der Waals surface area contributed by atoms with E-state index in [1.54, 1.807) is 65.8 Å². The van der Waals surface area contributed by atoms with E-state index in [0.29, 0.717) is 5.56 Å². The first-order valence-corrected chi connectivity index (χ1v) is 11.7. The predicted octanol–water partition coefficient (Wildman–Crippen LogP) is 5.10. The molecule has 0 fully saturated rings. The molecule has 0 radical (unpaired) electrons. The molecule has 1 unspecified atom stereocenters. The number of aliphatic imine (C=N–C) groups is 1. The van der Waals surface area contributed by atoms with Crippen LogP contribution in [0, 0.1) is 0 Å². The molecule has 2 amide bonds. The second-order valence-corrected chi connectivity index (χ2v) is 10.4. The number of carbonyl (C=O) groups excluding carboxylic acids is 3. The summed E-state index contributed by atoms with van der Waals surface area (Å²) in [5, 5.41) is 1.75. The lowest BCUT2D eigenvalue weighted by Crippen LogP contribution is -2.62. The zero-order chi connectivity index (χ0) is 26.6. The molecule has 0 bridgehead atoms. The topological polar surface area (TPSA) is 97.7 Å². The number of nitrogens with zero attached hydrogens (tertiary/aromatic N) is 3. The molecule has 0 aromatic heterocycles. The van der Waals surface area contributed by atoms with Crippen molar-refractivity contribution in [2.24, 2.45) is 4.99 Å². The standard InChI is InChI=1S/C27H33N3O6/c1-25(2,3)35-23(32)29-19-28-27(17-20-13-9-7-10-14-20,30(29)24(33)36-26(4,5)6)22(31)34-18-21-15-11-8-12-16-21/h7-16,19H,17-18H2,1-6H3. The van der Waals surface area contributed by atoms with Crippen LogP contribution in [0.3, 0.4) is 0 Å². The lowest BCUT2D eigenvalue weighted by molar-refractivity contribution is -0.164. The molecule has 2 aromatic carbocycles. The third kappa shape index (κ3) is 6.62. The van der Waals surface area contributed by atoms with Crippen LogP contribution < -0.4 is 0 Å². The summed E-state index contributed by atoms with van der Waals surface area (Å²) in [6.07, 6.45) is -0.789. The van der Waals surface area contributed by atoms with E-state index >= 15 is 0 Å². The summed E-state index contributed by atoms with van der Waals surface area (Å²) in [4.78, 5) is 44.7. The molecule has 1 aliphatic heterocycles. The molecule has 0 aliphatic carbocycles. The maximum absolute atomic E-state index is 13.7. The average molecular weight is 496 g/mol.